The molecule has 0 aliphatic carbocycles. The number of halogens is 5. The summed E-state index contributed by atoms with van der Waals surface area (Å²) in [6, 6.07) is 5.31. The highest BCUT2D eigenvalue weighted by molar-refractivity contribution is 5.92. The van der Waals surface area contributed by atoms with Crippen molar-refractivity contribution in [3.8, 4) is 11.8 Å². The Balaban J connectivity index is 1.66. The van der Waals surface area contributed by atoms with Gasteiger partial charge in [-0.05, 0) is 55.8 Å². The van der Waals surface area contributed by atoms with Crippen LogP contribution in [-0.2, 0) is 6.18 Å². The van der Waals surface area contributed by atoms with Crippen LogP contribution in [0.15, 0.2) is 47.1 Å². The second-order valence-corrected chi connectivity index (χ2v) is 6.43. The van der Waals surface area contributed by atoms with Crippen LogP contribution in [0.4, 0.5) is 22.0 Å². The van der Waals surface area contributed by atoms with Gasteiger partial charge in [0.15, 0.2) is 5.69 Å². The van der Waals surface area contributed by atoms with E-state index in [0.29, 0.717) is 0 Å². The molecule has 0 saturated carbocycles. The Labute approximate surface area is 167 Å². The van der Waals surface area contributed by atoms with Crippen LogP contribution in [0, 0.1) is 18.6 Å². The van der Waals surface area contributed by atoms with Crippen molar-refractivity contribution < 1.29 is 35.9 Å². The maximum Gasteiger partial charge on any atom is 0.416 e. The van der Waals surface area contributed by atoms with Gasteiger partial charge in [0.05, 0.1) is 11.6 Å². The number of amides is 1. The number of hydrogen-bond donors (Lipinski definition) is 1. The van der Waals surface area contributed by atoms with Gasteiger partial charge in [0, 0.05) is 5.56 Å². The molecule has 0 aliphatic heterocycles. The Kier molecular flexibility index (Phi) is 5.77. The molecule has 1 N–H and O–H groups in total. The van der Waals surface area contributed by atoms with Crippen LogP contribution in [0.3, 0.4) is 0 Å². The van der Waals surface area contributed by atoms with Gasteiger partial charge >= 0.3 is 12.3 Å². The first-order chi connectivity index (χ1) is 14.0. The monoisotopic (exact) mass is 426 g/mol. The molecule has 0 fully saturated rings. The van der Waals surface area contributed by atoms with Crippen molar-refractivity contribution >= 4 is 5.91 Å². The molecule has 1 amide bonds. The molecule has 3 aromatic rings. The van der Waals surface area contributed by atoms with E-state index in [1.165, 1.54) is 13.8 Å². The molecule has 0 spiro atoms. The van der Waals surface area contributed by atoms with Crippen LogP contribution in [-0.4, -0.2) is 10.9 Å². The number of rotatable bonds is 5. The molecule has 2 aromatic carbocycles. The van der Waals surface area contributed by atoms with E-state index in [9.17, 15) is 26.7 Å². The fraction of sp³-hybridized carbons (Fsp3) is 0.200. The minimum Gasteiger partial charge on any atom is -0.416 e. The predicted molar refractivity (Wildman–Crippen MR) is 95.0 cm³/mol. The van der Waals surface area contributed by atoms with Crippen LogP contribution in [0.5, 0.6) is 11.8 Å². The molecule has 0 bridgehead atoms. The number of oxazole rings is 1. The number of nitrogens with zero attached hydrogens (tertiary/aromatic N) is 1. The van der Waals surface area contributed by atoms with E-state index in [1.54, 1.807) is 0 Å². The predicted octanol–water partition coefficient (Wildman–Crippen LogP) is 5.56. The smallest absolute Gasteiger partial charge is 0.416 e. The summed E-state index contributed by atoms with van der Waals surface area (Å²) >= 11 is 0. The molecular weight excluding hydrogens is 411 g/mol. The lowest BCUT2D eigenvalue weighted by Crippen LogP contribution is -2.27. The van der Waals surface area contributed by atoms with Crippen molar-refractivity contribution in [2.24, 2.45) is 0 Å². The molecular formula is C20H15F5N2O3. The van der Waals surface area contributed by atoms with Gasteiger partial charge in [-0.15, -0.1) is 0 Å². The zero-order valence-electron chi connectivity index (χ0n) is 15.7. The van der Waals surface area contributed by atoms with Crippen LogP contribution in [0.25, 0.3) is 0 Å². The van der Waals surface area contributed by atoms with Crippen molar-refractivity contribution in [3.05, 3.63) is 76.7 Å². The zero-order valence-corrected chi connectivity index (χ0v) is 15.7. The molecule has 1 aromatic heterocycles. The number of aromatic nitrogens is 1. The maximum absolute atomic E-state index is 13.7. The van der Waals surface area contributed by atoms with E-state index in [2.05, 4.69) is 10.3 Å². The van der Waals surface area contributed by atoms with Crippen molar-refractivity contribution in [3.63, 3.8) is 0 Å². The standard InChI is InChI=1S/C20H15F5N2O3/c1-10-15(21)7-12(8-16(10)22)11(2)26-18(28)17-9-29-19(27-17)30-14-5-3-13(4-6-14)20(23,24)25/h3-9,11H,1-2H3,(H,26,28)/t11-/m1/s1. The molecule has 0 radical (unpaired) electrons. The molecule has 1 heterocycles. The number of nitrogens with one attached hydrogen (secondary N) is 1. The Morgan fingerprint density at radius 1 is 1.13 bits per heavy atom. The highest BCUT2D eigenvalue weighted by Crippen LogP contribution is 2.31. The van der Waals surface area contributed by atoms with Gasteiger partial charge in [-0.25, -0.2) is 8.78 Å². The van der Waals surface area contributed by atoms with E-state index in [-0.39, 0.29) is 28.6 Å². The first kappa shape index (κ1) is 21.3. The second kappa shape index (κ2) is 8.13. The molecule has 1 atom stereocenters. The van der Waals surface area contributed by atoms with Gasteiger partial charge in [0.25, 0.3) is 5.91 Å². The maximum atomic E-state index is 13.7. The lowest BCUT2D eigenvalue weighted by atomic mass is 10.1. The number of ether oxygens (including phenoxy) is 1. The molecule has 5 nitrogen and oxygen atoms in total. The lowest BCUT2D eigenvalue weighted by molar-refractivity contribution is -0.137. The van der Waals surface area contributed by atoms with Crippen LogP contribution in [0.2, 0.25) is 0 Å². The molecule has 0 unspecified atom stereocenters. The van der Waals surface area contributed by atoms with E-state index in [4.69, 9.17) is 9.15 Å². The number of alkyl halides is 3. The average Bonchev–Trinajstić information content (AvgIpc) is 3.14. The minimum atomic E-state index is -4.48. The molecule has 30 heavy (non-hydrogen) atoms. The lowest BCUT2D eigenvalue weighted by Gasteiger charge is -2.14. The SMILES string of the molecule is Cc1c(F)cc([C@@H](C)NC(=O)c2coc(Oc3ccc(C(F)(F)F)cc3)n2)cc1F. The summed E-state index contributed by atoms with van der Waals surface area (Å²) in [5.41, 5.74) is -0.940. The molecule has 158 valence electrons. The Morgan fingerprint density at radius 2 is 1.73 bits per heavy atom. The Hall–Kier alpha value is -3.43. The third-order valence-corrected chi connectivity index (χ3v) is 4.25. The van der Waals surface area contributed by atoms with Crippen LogP contribution in [0.1, 0.15) is 40.1 Å². The van der Waals surface area contributed by atoms with Gasteiger partial charge in [-0.1, -0.05) is 0 Å². The van der Waals surface area contributed by atoms with Crippen molar-refractivity contribution in [1.29, 1.82) is 0 Å². The number of carbonyl (C=O) groups excluding carboxylic acids is 1. The van der Waals surface area contributed by atoms with Crippen LogP contribution >= 0.6 is 0 Å². The fourth-order valence-corrected chi connectivity index (χ4v) is 2.49. The second-order valence-electron chi connectivity index (χ2n) is 6.43. The first-order valence-electron chi connectivity index (χ1n) is 8.61. The number of carbonyl (C=O) groups is 1. The summed E-state index contributed by atoms with van der Waals surface area (Å²) in [6.07, 6.45) is -3.86. The van der Waals surface area contributed by atoms with Crippen molar-refractivity contribution in [2.75, 3.05) is 0 Å². The zero-order chi connectivity index (χ0) is 22.1. The van der Waals surface area contributed by atoms with E-state index in [1.807, 2.05) is 0 Å². The molecule has 3 rings (SSSR count). The van der Waals surface area contributed by atoms with Gasteiger partial charge in [-0.3, -0.25) is 4.79 Å². The summed E-state index contributed by atoms with van der Waals surface area (Å²) in [7, 11) is 0. The van der Waals surface area contributed by atoms with Gasteiger partial charge in [0.1, 0.15) is 23.6 Å². The summed E-state index contributed by atoms with van der Waals surface area (Å²) in [5.74, 6) is -2.15. The van der Waals surface area contributed by atoms with Crippen LogP contribution < -0.4 is 10.1 Å². The largest absolute Gasteiger partial charge is 0.416 e. The molecule has 0 saturated heterocycles. The summed E-state index contributed by atoms with van der Waals surface area (Å²) in [4.78, 5) is 16.1. The van der Waals surface area contributed by atoms with E-state index in [0.717, 1.165) is 42.7 Å². The van der Waals surface area contributed by atoms with Gasteiger partial charge in [-0.2, -0.15) is 18.2 Å². The third-order valence-electron chi connectivity index (χ3n) is 4.25. The highest BCUT2D eigenvalue weighted by atomic mass is 19.4. The molecule has 0 aliphatic rings. The summed E-state index contributed by atoms with van der Waals surface area (Å²) in [6.45, 7) is 2.83. The highest BCUT2D eigenvalue weighted by Gasteiger charge is 2.30. The average molecular weight is 426 g/mol. The number of hydrogen-bond acceptors (Lipinski definition) is 4. The third kappa shape index (κ3) is 4.76. The number of benzene rings is 2. The van der Waals surface area contributed by atoms with Gasteiger partial charge in [0.2, 0.25) is 0 Å². The van der Waals surface area contributed by atoms with E-state index < -0.39 is 35.3 Å². The normalized spacial score (nSPS) is 12.5. The summed E-state index contributed by atoms with van der Waals surface area (Å²) < 4.78 is 75.3. The van der Waals surface area contributed by atoms with Gasteiger partial charge < -0.3 is 14.5 Å². The van der Waals surface area contributed by atoms with Crippen molar-refractivity contribution in [1.82, 2.24) is 10.3 Å². The van der Waals surface area contributed by atoms with Crippen molar-refractivity contribution in [2.45, 2.75) is 26.1 Å². The summed E-state index contributed by atoms with van der Waals surface area (Å²) in [5, 5.41) is 2.51. The Morgan fingerprint density at radius 3 is 2.30 bits per heavy atom. The van der Waals surface area contributed by atoms with E-state index >= 15 is 0 Å². The quantitative estimate of drug-likeness (QED) is 0.543. The topological polar surface area (TPSA) is 64.4 Å². The molecule has 10 heteroatoms. The minimum absolute atomic E-state index is 0.0239. The fourth-order valence-electron chi connectivity index (χ4n) is 2.49. The Bertz CT molecular complexity index is 1040. The first-order valence-corrected chi connectivity index (χ1v) is 8.61.